The van der Waals surface area contributed by atoms with Gasteiger partial charge in [-0.3, -0.25) is 14.9 Å². The quantitative estimate of drug-likeness (QED) is 0.527. The minimum atomic E-state index is -0.378. The molecule has 2 aliphatic heterocycles. The van der Waals surface area contributed by atoms with Crippen molar-refractivity contribution in [2.24, 2.45) is 0 Å². The number of fused-ring (bicyclic) bond motifs is 1. The van der Waals surface area contributed by atoms with Gasteiger partial charge in [-0.15, -0.1) is 0 Å². The molecular weight excluding hydrogens is 464 g/mol. The molecule has 7 nitrogen and oxygen atoms in total. The highest BCUT2D eigenvalue weighted by molar-refractivity contribution is 8.18. The van der Waals surface area contributed by atoms with Crippen LogP contribution in [-0.4, -0.2) is 53.5 Å². The van der Waals surface area contributed by atoms with Crippen LogP contribution in [0.4, 0.5) is 4.79 Å². The number of aromatic hydroxyl groups is 1. The van der Waals surface area contributed by atoms with Gasteiger partial charge in [0.05, 0.1) is 4.91 Å². The van der Waals surface area contributed by atoms with E-state index in [0.29, 0.717) is 17.3 Å². The van der Waals surface area contributed by atoms with Gasteiger partial charge in [-0.25, -0.2) is 0 Å². The molecule has 1 atom stereocenters. The molecule has 0 bridgehead atoms. The number of likely N-dealkylation sites (N-methyl/N-ethyl adjacent to an activating group) is 1. The molecule has 1 fully saturated rings. The van der Waals surface area contributed by atoms with Gasteiger partial charge in [-0.2, -0.15) is 0 Å². The minimum Gasteiger partial charge on any atom is -0.507 e. The molecule has 2 aromatic rings. The van der Waals surface area contributed by atoms with Crippen molar-refractivity contribution in [1.82, 2.24) is 10.2 Å². The molecule has 2 amide bonds. The van der Waals surface area contributed by atoms with Crippen LogP contribution in [-0.2, 0) is 4.79 Å². The number of phenolic OH excluding ortho intramolecular Hbond substituents is 1. The highest BCUT2D eigenvalue weighted by Gasteiger charge is 2.44. The van der Waals surface area contributed by atoms with E-state index >= 15 is 0 Å². The summed E-state index contributed by atoms with van der Waals surface area (Å²) in [5.74, 6) is 1.76. The van der Waals surface area contributed by atoms with Gasteiger partial charge in [0.15, 0.2) is 0 Å². The van der Waals surface area contributed by atoms with Crippen LogP contribution in [0.1, 0.15) is 47.6 Å². The number of rotatable bonds is 7. The topological polar surface area (TPSA) is 88.1 Å². The number of nitrogens with one attached hydrogen (secondary N) is 1. The maximum Gasteiger partial charge on any atom is 0.290 e. The normalized spacial score (nSPS) is 19.7. The van der Waals surface area contributed by atoms with Crippen LogP contribution < -0.4 is 14.8 Å². The van der Waals surface area contributed by atoms with Crippen LogP contribution in [0.5, 0.6) is 17.2 Å². The van der Waals surface area contributed by atoms with Crippen LogP contribution in [0.25, 0.3) is 6.08 Å². The predicted molar refractivity (Wildman–Crippen MR) is 138 cm³/mol. The Balaban J connectivity index is 1.36. The van der Waals surface area contributed by atoms with Crippen molar-refractivity contribution in [3.8, 4) is 17.2 Å². The third kappa shape index (κ3) is 5.04. The molecule has 0 radical (unpaired) electrons. The van der Waals surface area contributed by atoms with E-state index in [0.717, 1.165) is 64.2 Å². The summed E-state index contributed by atoms with van der Waals surface area (Å²) in [6, 6.07) is 7.43. The fourth-order valence-corrected chi connectivity index (χ4v) is 5.31. The minimum absolute atomic E-state index is 0.123. The second-order valence-corrected chi connectivity index (χ2v) is 10.8. The Bertz CT molecular complexity index is 1200. The fraction of sp³-hybridized carbons (Fsp3) is 0.407. The number of benzene rings is 2. The number of phenols is 1. The zero-order valence-corrected chi connectivity index (χ0v) is 21.8. The van der Waals surface area contributed by atoms with Crippen molar-refractivity contribution in [2.75, 3.05) is 26.7 Å². The Morgan fingerprint density at radius 1 is 1.14 bits per heavy atom. The van der Waals surface area contributed by atoms with Gasteiger partial charge < -0.3 is 19.5 Å². The van der Waals surface area contributed by atoms with Crippen molar-refractivity contribution in [3.05, 3.63) is 57.0 Å². The van der Waals surface area contributed by atoms with Gasteiger partial charge in [0.25, 0.3) is 11.1 Å². The zero-order valence-electron chi connectivity index (χ0n) is 21.0. The monoisotopic (exact) mass is 496 g/mol. The molecule has 186 valence electrons. The predicted octanol–water partition coefficient (Wildman–Crippen LogP) is 4.91. The number of thioether (sulfide) groups is 1. The molecule has 0 aromatic heterocycles. The van der Waals surface area contributed by atoms with Crippen molar-refractivity contribution in [2.45, 2.75) is 46.1 Å². The number of imide groups is 1. The Morgan fingerprint density at radius 3 is 2.46 bits per heavy atom. The van der Waals surface area contributed by atoms with E-state index in [9.17, 15) is 14.7 Å². The van der Waals surface area contributed by atoms with E-state index in [1.807, 2.05) is 45.0 Å². The maximum atomic E-state index is 11.7. The van der Waals surface area contributed by atoms with E-state index < -0.39 is 0 Å². The highest BCUT2D eigenvalue weighted by atomic mass is 32.2. The molecule has 2 N–H and O–H groups in total. The van der Waals surface area contributed by atoms with E-state index in [2.05, 4.69) is 31.1 Å². The smallest absolute Gasteiger partial charge is 0.290 e. The van der Waals surface area contributed by atoms with Gasteiger partial charge in [0.1, 0.15) is 29.5 Å². The van der Waals surface area contributed by atoms with Gasteiger partial charge in [0.2, 0.25) is 0 Å². The average molecular weight is 497 g/mol. The lowest BCUT2D eigenvalue weighted by Gasteiger charge is -2.30. The second-order valence-electron chi connectivity index (χ2n) is 9.76. The van der Waals surface area contributed by atoms with E-state index in [1.165, 1.54) is 0 Å². The standard InChI is InChI=1S/C27H32N2O5S/c1-15-16(2)24-22(17(3)23(15)30)20(27(4,5)34-24)14-29(6)11-12-33-19-9-7-18(8-10-19)13-21-25(31)28-26(32)35-21/h7-10,13,20,30H,11-12,14H2,1-6H3,(H,28,31,32)/b21-13+. The number of hydrogen-bond acceptors (Lipinski definition) is 7. The van der Waals surface area contributed by atoms with Crippen LogP contribution in [0.3, 0.4) is 0 Å². The van der Waals surface area contributed by atoms with Crippen LogP contribution >= 0.6 is 11.8 Å². The SMILES string of the molecule is Cc1c(C)c2c(c(C)c1O)C(CN(C)CCOc1ccc(/C=C3/SC(=O)NC3=O)cc1)C(C)(C)O2. The second kappa shape index (κ2) is 9.59. The molecule has 4 rings (SSSR count). The first-order valence-electron chi connectivity index (χ1n) is 11.7. The van der Waals surface area contributed by atoms with E-state index in [1.54, 1.807) is 6.08 Å². The number of ether oxygens (including phenoxy) is 2. The number of carbonyl (C=O) groups excluding carboxylic acids is 2. The van der Waals surface area contributed by atoms with Gasteiger partial charge in [-0.05, 0) is 93.9 Å². The summed E-state index contributed by atoms with van der Waals surface area (Å²) in [4.78, 5) is 25.6. The lowest BCUT2D eigenvalue weighted by molar-refractivity contribution is -0.115. The van der Waals surface area contributed by atoms with Gasteiger partial charge in [0, 0.05) is 24.6 Å². The lowest BCUT2D eigenvalue weighted by Crippen LogP contribution is -2.38. The molecule has 0 saturated carbocycles. The summed E-state index contributed by atoms with van der Waals surface area (Å²) in [5.41, 5.74) is 4.33. The first-order valence-corrected chi connectivity index (χ1v) is 12.5. The summed E-state index contributed by atoms with van der Waals surface area (Å²) >= 11 is 0.903. The molecule has 2 aromatic carbocycles. The third-order valence-corrected chi connectivity index (χ3v) is 7.68. The molecule has 8 heteroatoms. The van der Waals surface area contributed by atoms with Crippen molar-refractivity contribution in [1.29, 1.82) is 0 Å². The molecule has 2 aliphatic rings. The van der Waals surface area contributed by atoms with Crippen LogP contribution in [0.2, 0.25) is 0 Å². The molecule has 35 heavy (non-hydrogen) atoms. The highest BCUT2D eigenvalue weighted by Crippen LogP contribution is 2.51. The Labute approximate surface area is 210 Å². The Kier molecular flexibility index (Phi) is 6.88. The summed E-state index contributed by atoms with van der Waals surface area (Å²) < 4.78 is 12.3. The molecular formula is C27H32N2O5S. The van der Waals surface area contributed by atoms with E-state index in [-0.39, 0.29) is 22.7 Å². The molecule has 0 spiro atoms. The van der Waals surface area contributed by atoms with Crippen molar-refractivity contribution < 1.29 is 24.2 Å². The average Bonchev–Trinajstić information content (AvgIpc) is 3.26. The summed E-state index contributed by atoms with van der Waals surface area (Å²) in [5, 5.41) is 12.5. The maximum absolute atomic E-state index is 11.7. The largest absolute Gasteiger partial charge is 0.507 e. The van der Waals surface area contributed by atoms with Crippen LogP contribution in [0.15, 0.2) is 29.2 Å². The van der Waals surface area contributed by atoms with Crippen LogP contribution in [0, 0.1) is 20.8 Å². The van der Waals surface area contributed by atoms with E-state index in [4.69, 9.17) is 9.47 Å². The van der Waals surface area contributed by atoms with Gasteiger partial charge >= 0.3 is 0 Å². The molecule has 1 saturated heterocycles. The molecule has 1 unspecified atom stereocenters. The fourth-order valence-electron chi connectivity index (χ4n) is 4.63. The first-order chi connectivity index (χ1) is 16.5. The van der Waals surface area contributed by atoms with Crippen molar-refractivity contribution in [3.63, 3.8) is 0 Å². The van der Waals surface area contributed by atoms with Crippen molar-refractivity contribution >= 4 is 29.0 Å². The molecule has 0 aliphatic carbocycles. The lowest BCUT2D eigenvalue weighted by atomic mass is 9.82. The molecule has 2 heterocycles. The first kappa shape index (κ1) is 25.1. The Hall–Kier alpha value is -2.97. The summed E-state index contributed by atoms with van der Waals surface area (Å²) in [6.07, 6.45) is 1.69. The number of hydrogen-bond donors (Lipinski definition) is 2. The summed E-state index contributed by atoms with van der Waals surface area (Å²) in [6.45, 7) is 12.1. The third-order valence-electron chi connectivity index (χ3n) is 6.87. The Morgan fingerprint density at radius 2 is 1.83 bits per heavy atom. The zero-order chi connectivity index (χ0) is 25.5. The number of nitrogens with zero attached hydrogens (tertiary/aromatic N) is 1. The van der Waals surface area contributed by atoms with Gasteiger partial charge in [-0.1, -0.05) is 12.1 Å². The summed E-state index contributed by atoms with van der Waals surface area (Å²) in [7, 11) is 2.06. The number of amides is 2. The number of carbonyl (C=O) groups is 2.